The lowest BCUT2D eigenvalue weighted by Crippen LogP contribution is -2.32. The highest BCUT2D eigenvalue weighted by atomic mass is 16.3. The molecule has 2 aromatic rings. The van der Waals surface area contributed by atoms with Crippen molar-refractivity contribution < 1.29 is 14.0 Å². The Hall–Kier alpha value is -2.56. The second kappa shape index (κ2) is 7.28. The summed E-state index contributed by atoms with van der Waals surface area (Å²) < 4.78 is 5.41. The molecule has 1 heterocycles. The first-order chi connectivity index (χ1) is 10.2. The molecule has 2 rings (SSSR count). The maximum atomic E-state index is 12.0. The maximum absolute atomic E-state index is 12.0. The first kappa shape index (κ1) is 14.8. The summed E-state index contributed by atoms with van der Waals surface area (Å²) in [6.45, 7) is 1.74. The van der Waals surface area contributed by atoms with Gasteiger partial charge in [-0.15, -0.1) is 0 Å². The van der Waals surface area contributed by atoms with E-state index in [0.717, 1.165) is 5.56 Å². The Bertz CT molecular complexity index is 579. The molecule has 0 spiro atoms. The Balaban J connectivity index is 2.04. The Morgan fingerprint density at radius 2 is 1.90 bits per heavy atom. The number of benzene rings is 1. The molecule has 0 radical (unpaired) electrons. The predicted octanol–water partition coefficient (Wildman–Crippen LogP) is 2.01. The first-order valence-corrected chi connectivity index (χ1v) is 6.79. The molecule has 1 aromatic carbocycles. The number of carbonyl (C=O) groups is 2. The SMILES string of the molecule is CC(=O)NCCC(=O)NC(c1ccccc1)c1ccco1. The predicted molar refractivity (Wildman–Crippen MR) is 78.4 cm³/mol. The summed E-state index contributed by atoms with van der Waals surface area (Å²) in [5.41, 5.74) is 0.945. The number of furan rings is 1. The van der Waals surface area contributed by atoms with Crippen molar-refractivity contribution in [3.63, 3.8) is 0 Å². The van der Waals surface area contributed by atoms with Gasteiger partial charge in [-0.05, 0) is 17.7 Å². The Labute approximate surface area is 123 Å². The highest BCUT2D eigenvalue weighted by molar-refractivity contribution is 5.78. The number of carbonyl (C=O) groups excluding carboxylic acids is 2. The van der Waals surface area contributed by atoms with Gasteiger partial charge < -0.3 is 15.1 Å². The van der Waals surface area contributed by atoms with Crippen molar-refractivity contribution in [1.82, 2.24) is 10.6 Å². The van der Waals surface area contributed by atoms with Gasteiger partial charge in [0.1, 0.15) is 11.8 Å². The summed E-state index contributed by atoms with van der Waals surface area (Å²) in [6, 6.07) is 12.9. The largest absolute Gasteiger partial charge is 0.467 e. The molecule has 0 aliphatic carbocycles. The quantitative estimate of drug-likeness (QED) is 0.853. The van der Waals surface area contributed by atoms with Crippen LogP contribution in [0.1, 0.15) is 30.7 Å². The normalized spacial score (nSPS) is 11.7. The molecule has 0 aliphatic heterocycles. The summed E-state index contributed by atoms with van der Waals surface area (Å²) in [5, 5.41) is 5.53. The van der Waals surface area contributed by atoms with Crippen molar-refractivity contribution >= 4 is 11.8 Å². The van der Waals surface area contributed by atoms with Gasteiger partial charge in [0.15, 0.2) is 0 Å². The number of amides is 2. The van der Waals surface area contributed by atoms with Crippen LogP contribution in [0.2, 0.25) is 0 Å². The number of hydrogen-bond donors (Lipinski definition) is 2. The van der Waals surface area contributed by atoms with Gasteiger partial charge in [0.2, 0.25) is 11.8 Å². The molecule has 2 N–H and O–H groups in total. The van der Waals surface area contributed by atoms with Crippen LogP contribution < -0.4 is 10.6 Å². The summed E-state index contributed by atoms with van der Waals surface area (Å²) in [5.74, 6) is 0.386. The Morgan fingerprint density at radius 1 is 1.14 bits per heavy atom. The zero-order valence-electron chi connectivity index (χ0n) is 11.8. The zero-order valence-corrected chi connectivity index (χ0v) is 11.8. The van der Waals surface area contributed by atoms with E-state index in [1.807, 2.05) is 36.4 Å². The van der Waals surface area contributed by atoms with Crippen molar-refractivity contribution in [2.45, 2.75) is 19.4 Å². The summed E-state index contributed by atoms with van der Waals surface area (Å²) >= 11 is 0. The molecule has 0 bridgehead atoms. The molecule has 1 atom stereocenters. The molecule has 2 amide bonds. The summed E-state index contributed by atoms with van der Waals surface area (Å²) in [6.07, 6.45) is 1.80. The van der Waals surface area contributed by atoms with Crippen LogP contribution in [0.4, 0.5) is 0 Å². The topological polar surface area (TPSA) is 71.3 Å². The fourth-order valence-electron chi connectivity index (χ4n) is 2.00. The standard InChI is InChI=1S/C16H18N2O3/c1-12(19)17-10-9-15(20)18-16(14-8-5-11-21-14)13-6-3-2-4-7-13/h2-8,11,16H,9-10H2,1H3,(H,17,19)(H,18,20). The molecular weight excluding hydrogens is 268 g/mol. The van der Waals surface area contributed by atoms with E-state index in [0.29, 0.717) is 12.3 Å². The molecule has 5 heteroatoms. The Kier molecular flexibility index (Phi) is 5.15. The van der Waals surface area contributed by atoms with E-state index in [2.05, 4.69) is 10.6 Å². The lowest BCUT2D eigenvalue weighted by atomic mass is 10.0. The third kappa shape index (κ3) is 4.49. The molecule has 0 fully saturated rings. The highest BCUT2D eigenvalue weighted by Crippen LogP contribution is 2.22. The smallest absolute Gasteiger partial charge is 0.222 e. The van der Waals surface area contributed by atoms with Crippen LogP contribution >= 0.6 is 0 Å². The van der Waals surface area contributed by atoms with Gasteiger partial charge in [-0.25, -0.2) is 0 Å². The van der Waals surface area contributed by atoms with Gasteiger partial charge in [0, 0.05) is 19.9 Å². The van der Waals surface area contributed by atoms with Crippen LogP contribution in [-0.4, -0.2) is 18.4 Å². The maximum Gasteiger partial charge on any atom is 0.222 e. The van der Waals surface area contributed by atoms with Crippen LogP contribution in [-0.2, 0) is 9.59 Å². The van der Waals surface area contributed by atoms with Crippen molar-refractivity contribution in [1.29, 1.82) is 0 Å². The fourth-order valence-corrected chi connectivity index (χ4v) is 2.00. The van der Waals surface area contributed by atoms with E-state index in [1.165, 1.54) is 6.92 Å². The van der Waals surface area contributed by atoms with E-state index in [4.69, 9.17) is 4.42 Å². The highest BCUT2D eigenvalue weighted by Gasteiger charge is 2.18. The Morgan fingerprint density at radius 3 is 2.52 bits per heavy atom. The molecule has 21 heavy (non-hydrogen) atoms. The summed E-state index contributed by atoms with van der Waals surface area (Å²) in [7, 11) is 0. The molecule has 1 aromatic heterocycles. The lowest BCUT2D eigenvalue weighted by molar-refractivity contribution is -0.122. The van der Waals surface area contributed by atoms with E-state index >= 15 is 0 Å². The van der Waals surface area contributed by atoms with Gasteiger partial charge >= 0.3 is 0 Å². The third-order valence-corrected chi connectivity index (χ3v) is 2.99. The summed E-state index contributed by atoms with van der Waals surface area (Å²) in [4.78, 5) is 22.8. The molecule has 5 nitrogen and oxygen atoms in total. The number of hydrogen-bond acceptors (Lipinski definition) is 3. The van der Waals surface area contributed by atoms with Crippen molar-refractivity contribution in [2.75, 3.05) is 6.54 Å². The van der Waals surface area contributed by atoms with Crippen LogP contribution in [0.5, 0.6) is 0 Å². The van der Waals surface area contributed by atoms with Crippen molar-refractivity contribution in [3.05, 3.63) is 60.1 Å². The van der Waals surface area contributed by atoms with E-state index < -0.39 is 0 Å². The minimum Gasteiger partial charge on any atom is -0.467 e. The minimum atomic E-state index is -0.328. The fraction of sp³-hybridized carbons (Fsp3) is 0.250. The van der Waals surface area contributed by atoms with Gasteiger partial charge in [-0.1, -0.05) is 30.3 Å². The van der Waals surface area contributed by atoms with Crippen LogP contribution in [0.3, 0.4) is 0 Å². The van der Waals surface area contributed by atoms with Crippen LogP contribution in [0.15, 0.2) is 53.1 Å². The van der Waals surface area contributed by atoms with Gasteiger partial charge in [-0.2, -0.15) is 0 Å². The monoisotopic (exact) mass is 286 g/mol. The van der Waals surface area contributed by atoms with Gasteiger partial charge in [0.25, 0.3) is 0 Å². The average Bonchev–Trinajstić information content (AvgIpc) is 2.99. The van der Waals surface area contributed by atoms with Crippen LogP contribution in [0.25, 0.3) is 0 Å². The van der Waals surface area contributed by atoms with Gasteiger partial charge in [-0.3, -0.25) is 9.59 Å². The number of rotatable bonds is 6. The second-order valence-corrected chi connectivity index (χ2v) is 4.66. The first-order valence-electron chi connectivity index (χ1n) is 6.79. The van der Waals surface area contributed by atoms with Gasteiger partial charge in [0.05, 0.1) is 6.26 Å². The lowest BCUT2D eigenvalue weighted by Gasteiger charge is -2.17. The minimum absolute atomic E-state index is 0.144. The molecule has 0 aliphatic rings. The van der Waals surface area contributed by atoms with E-state index in [9.17, 15) is 9.59 Å². The van der Waals surface area contributed by atoms with Crippen molar-refractivity contribution in [3.8, 4) is 0 Å². The third-order valence-electron chi connectivity index (χ3n) is 2.99. The molecule has 1 unspecified atom stereocenters. The zero-order chi connectivity index (χ0) is 15.1. The second-order valence-electron chi connectivity index (χ2n) is 4.66. The molecular formula is C16H18N2O3. The van der Waals surface area contributed by atoms with E-state index in [1.54, 1.807) is 12.3 Å². The molecule has 110 valence electrons. The average molecular weight is 286 g/mol. The van der Waals surface area contributed by atoms with Crippen molar-refractivity contribution in [2.24, 2.45) is 0 Å². The van der Waals surface area contributed by atoms with Crippen LogP contribution in [0, 0.1) is 0 Å². The molecule has 0 saturated heterocycles. The molecule has 0 saturated carbocycles. The van der Waals surface area contributed by atoms with E-state index in [-0.39, 0.29) is 24.3 Å². The number of nitrogens with one attached hydrogen (secondary N) is 2.